The number of hydrogen-bond donors (Lipinski definition) is 1. The van der Waals surface area contributed by atoms with Crippen LogP contribution in [0.1, 0.15) is 18.9 Å². The lowest BCUT2D eigenvalue weighted by Gasteiger charge is -2.11. The summed E-state index contributed by atoms with van der Waals surface area (Å²) in [6, 6.07) is 25.0. The second-order valence-corrected chi connectivity index (χ2v) is 6.95. The Balaban J connectivity index is 1.65. The van der Waals surface area contributed by atoms with E-state index in [0.717, 1.165) is 41.1 Å². The predicted octanol–water partition coefficient (Wildman–Crippen LogP) is 6.74. The van der Waals surface area contributed by atoms with Gasteiger partial charge in [0.05, 0.1) is 6.61 Å². The quantitative estimate of drug-likeness (QED) is 0.409. The van der Waals surface area contributed by atoms with Gasteiger partial charge in [0.15, 0.2) is 0 Å². The van der Waals surface area contributed by atoms with Crippen molar-refractivity contribution < 1.29 is 4.74 Å². The van der Waals surface area contributed by atoms with Crippen molar-refractivity contribution in [3.05, 3.63) is 84.6 Å². The van der Waals surface area contributed by atoms with Crippen LogP contribution in [0.3, 0.4) is 0 Å². The van der Waals surface area contributed by atoms with E-state index in [1.807, 2.05) is 36.5 Å². The number of nitrogens with zero attached hydrogens (tertiary/aromatic N) is 1. The predicted molar refractivity (Wildman–Crippen MR) is 117 cm³/mol. The summed E-state index contributed by atoms with van der Waals surface area (Å²) in [4.78, 5) is 4.53. The number of para-hydroxylation sites is 1. The minimum atomic E-state index is 0.749. The van der Waals surface area contributed by atoms with Gasteiger partial charge in [-0.2, -0.15) is 0 Å². The number of aryl methyl sites for hydroxylation is 1. The maximum Gasteiger partial charge on any atom is 0.130 e. The molecule has 4 rings (SSSR count). The van der Waals surface area contributed by atoms with Crippen molar-refractivity contribution in [3.8, 4) is 16.9 Å². The van der Waals surface area contributed by atoms with Gasteiger partial charge in [0.25, 0.3) is 0 Å². The highest BCUT2D eigenvalue weighted by molar-refractivity contribution is 5.89. The van der Waals surface area contributed by atoms with Crippen LogP contribution < -0.4 is 10.1 Å². The Bertz CT molecular complexity index is 1090. The minimum Gasteiger partial charge on any atom is -0.494 e. The molecule has 0 unspecified atom stereocenters. The normalized spacial score (nSPS) is 10.8. The number of aromatic nitrogens is 1. The first kappa shape index (κ1) is 18.1. The summed E-state index contributed by atoms with van der Waals surface area (Å²) in [7, 11) is 0. The summed E-state index contributed by atoms with van der Waals surface area (Å²) in [6.45, 7) is 5.00. The van der Waals surface area contributed by atoms with Gasteiger partial charge in [-0.3, -0.25) is 0 Å². The highest BCUT2D eigenvalue weighted by Gasteiger charge is 2.06. The van der Waals surface area contributed by atoms with Gasteiger partial charge >= 0.3 is 0 Å². The van der Waals surface area contributed by atoms with Gasteiger partial charge in [-0.05, 0) is 71.8 Å². The van der Waals surface area contributed by atoms with Crippen LogP contribution in [0.4, 0.5) is 11.5 Å². The Hall–Kier alpha value is -3.33. The van der Waals surface area contributed by atoms with E-state index in [-0.39, 0.29) is 0 Å². The molecule has 1 aromatic heterocycles. The second kappa shape index (κ2) is 8.13. The molecule has 0 fully saturated rings. The van der Waals surface area contributed by atoms with Crippen molar-refractivity contribution in [3.63, 3.8) is 0 Å². The van der Waals surface area contributed by atoms with Crippen LogP contribution in [0, 0.1) is 6.92 Å². The van der Waals surface area contributed by atoms with Crippen LogP contribution >= 0.6 is 0 Å². The Kier molecular flexibility index (Phi) is 5.24. The molecule has 0 spiro atoms. The number of anilines is 2. The molecule has 0 aliphatic rings. The summed E-state index contributed by atoms with van der Waals surface area (Å²) in [5.41, 5.74) is 4.66. The van der Waals surface area contributed by atoms with Crippen LogP contribution in [-0.2, 0) is 0 Å². The van der Waals surface area contributed by atoms with Crippen LogP contribution in [0.2, 0.25) is 0 Å². The van der Waals surface area contributed by atoms with Crippen LogP contribution in [0.15, 0.2) is 79.0 Å². The smallest absolute Gasteiger partial charge is 0.130 e. The maximum absolute atomic E-state index is 5.75. The molecule has 0 bridgehead atoms. The fraction of sp³-hybridized carbons (Fsp3) is 0.160. The third-order valence-corrected chi connectivity index (χ3v) is 4.75. The van der Waals surface area contributed by atoms with Gasteiger partial charge in [0, 0.05) is 17.3 Å². The monoisotopic (exact) mass is 368 g/mol. The Morgan fingerprint density at radius 2 is 1.75 bits per heavy atom. The first-order valence-electron chi connectivity index (χ1n) is 9.68. The van der Waals surface area contributed by atoms with E-state index in [2.05, 4.69) is 66.6 Å². The molecular weight excluding hydrogens is 344 g/mol. The molecule has 0 radical (unpaired) electrons. The molecule has 0 saturated carbocycles. The van der Waals surface area contributed by atoms with Crippen molar-refractivity contribution in [2.75, 3.05) is 11.9 Å². The van der Waals surface area contributed by atoms with E-state index in [4.69, 9.17) is 4.74 Å². The third kappa shape index (κ3) is 3.99. The first-order chi connectivity index (χ1) is 13.7. The number of pyridine rings is 1. The zero-order valence-electron chi connectivity index (χ0n) is 16.3. The average Bonchev–Trinajstić information content (AvgIpc) is 2.72. The van der Waals surface area contributed by atoms with Crippen molar-refractivity contribution in [1.29, 1.82) is 0 Å². The molecule has 1 N–H and O–H groups in total. The third-order valence-electron chi connectivity index (χ3n) is 4.75. The lowest BCUT2D eigenvalue weighted by molar-refractivity contribution is 0.317. The molecule has 140 valence electrons. The molecule has 3 heteroatoms. The van der Waals surface area contributed by atoms with E-state index in [1.165, 1.54) is 16.7 Å². The molecule has 0 aliphatic heterocycles. The number of hydrogen-bond acceptors (Lipinski definition) is 3. The molecule has 0 atom stereocenters. The summed E-state index contributed by atoms with van der Waals surface area (Å²) < 4.78 is 5.75. The summed E-state index contributed by atoms with van der Waals surface area (Å²) >= 11 is 0. The first-order valence-corrected chi connectivity index (χ1v) is 9.68. The number of rotatable bonds is 6. The SMILES string of the molecule is CCCOc1ccc(-c2ccc3cnc(Nc4ccccc4)cc3c2)c(C)c1. The number of fused-ring (bicyclic) bond motifs is 1. The van der Waals surface area contributed by atoms with Gasteiger partial charge in [-0.25, -0.2) is 4.98 Å². The zero-order chi connectivity index (χ0) is 19.3. The fourth-order valence-corrected chi connectivity index (χ4v) is 3.32. The van der Waals surface area contributed by atoms with Crippen molar-refractivity contribution >= 4 is 22.3 Å². The second-order valence-electron chi connectivity index (χ2n) is 6.95. The van der Waals surface area contributed by atoms with Gasteiger partial charge in [-0.1, -0.05) is 43.3 Å². The van der Waals surface area contributed by atoms with Gasteiger partial charge in [-0.15, -0.1) is 0 Å². The molecule has 0 aliphatic carbocycles. The van der Waals surface area contributed by atoms with Crippen LogP contribution in [0.5, 0.6) is 5.75 Å². The van der Waals surface area contributed by atoms with Crippen LogP contribution in [0.25, 0.3) is 21.9 Å². The number of nitrogens with one attached hydrogen (secondary N) is 1. The van der Waals surface area contributed by atoms with E-state index in [1.54, 1.807) is 0 Å². The Labute approximate surface area is 166 Å². The topological polar surface area (TPSA) is 34.1 Å². The molecular formula is C25H24N2O. The molecule has 1 heterocycles. The van der Waals surface area contributed by atoms with E-state index in [0.29, 0.717) is 0 Å². The summed E-state index contributed by atoms with van der Waals surface area (Å²) in [5.74, 6) is 1.78. The van der Waals surface area contributed by atoms with E-state index < -0.39 is 0 Å². The molecule has 28 heavy (non-hydrogen) atoms. The van der Waals surface area contributed by atoms with Crippen molar-refractivity contribution in [1.82, 2.24) is 4.98 Å². The van der Waals surface area contributed by atoms with Crippen LogP contribution in [-0.4, -0.2) is 11.6 Å². The highest BCUT2D eigenvalue weighted by Crippen LogP contribution is 2.30. The van der Waals surface area contributed by atoms with Crippen molar-refractivity contribution in [2.24, 2.45) is 0 Å². The highest BCUT2D eigenvalue weighted by atomic mass is 16.5. The maximum atomic E-state index is 5.75. The van der Waals surface area contributed by atoms with Gasteiger partial charge in [0.1, 0.15) is 11.6 Å². The molecule has 0 amide bonds. The standard InChI is InChI=1S/C25H24N2O/c1-3-13-28-23-11-12-24(18(2)14-23)19-9-10-20-17-26-25(16-21(20)15-19)27-22-7-5-4-6-8-22/h4-12,14-17H,3,13H2,1-2H3,(H,26,27). The van der Waals surface area contributed by atoms with Crippen molar-refractivity contribution in [2.45, 2.75) is 20.3 Å². The number of ether oxygens (including phenoxy) is 1. The van der Waals surface area contributed by atoms with Gasteiger partial charge < -0.3 is 10.1 Å². The fourth-order valence-electron chi connectivity index (χ4n) is 3.32. The molecule has 3 nitrogen and oxygen atoms in total. The minimum absolute atomic E-state index is 0.749. The molecule has 4 aromatic rings. The summed E-state index contributed by atoms with van der Waals surface area (Å²) in [5, 5.41) is 5.66. The zero-order valence-corrected chi connectivity index (χ0v) is 16.3. The van der Waals surface area contributed by atoms with E-state index >= 15 is 0 Å². The largest absolute Gasteiger partial charge is 0.494 e. The molecule has 0 saturated heterocycles. The lowest BCUT2D eigenvalue weighted by atomic mass is 9.98. The van der Waals surface area contributed by atoms with Gasteiger partial charge in [0.2, 0.25) is 0 Å². The van der Waals surface area contributed by atoms with E-state index in [9.17, 15) is 0 Å². The average molecular weight is 368 g/mol. The number of benzene rings is 3. The Morgan fingerprint density at radius 3 is 2.54 bits per heavy atom. The Morgan fingerprint density at radius 1 is 0.893 bits per heavy atom. The lowest BCUT2D eigenvalue weighted by Crippen LogP contribution is -1.95. The summed E-state index contributed by atoms with van der Waals surface area (Å²) in [6.07, 6.45) is 2.93. The molecule has 3 aromatic carbocycles.